The summed E-state index contributed by atoms with van der Waals surface area (Å²) in [5, 5.41) is 0. The van der Waals surface area contributed by atoms with E-state index in [0.29, 0.717) is 6.04 Å². The average molecular weight is 245 g/mol. The Labute approximate surface area is 112 Å². The molecule has 1 heteroatoms. The van der Waals surface area contributed by atoms with E-state index in [1.807, 2.05) is 0 Å². The van der Waals surface area contributed by atoms with Crippen molar-refractivity contribution in [3.8, 4) is 0 Å². The van der Waals surface area contributed by atoms with Crippen LogP contribution in [0.1, 0.15) is 53.4 Å². The van der Waals surface area contributed by atoms with Gasteiger partial charge in [0.1, 0.15) is 0 Å². The molecule has 1 atom stereocenters. The Kier molecular flexibility index (Phi) is 3.70. The van der Waals surface area contributed by atoms with Crippen LogP contribution in [0.5, 0.6) is 0 Å². The summed E-state index contributed by atoms with van der Waals surface area (Å²) < 4.78 is 0. The molecule has 2 aliphatic rings. The van der Waals surface area contributed by atoms with Crippen molar-refractivity contribution >= 4 is 0 Å². The maximum atomic E-state index is 4.31. The lowest BCUT2D eigenvalue weighted by atomic mass is 9.88. The highest BCUT2D eigenvalue weighted by Crippen LogP contribution is 2.42. The molecule has 100 valence electrons. The summed E-state index contributed by atoms with van der Waals surface area (Å²) in [7, 11) is 0. The van der Waals surface area contributed by atoms with Gasteiger partial charge in [0.2, 0.25) is 0 Å². The minimum atomic E-state index is 0.289. The predicted molar refractivity (Wildman–Crippen MR) is 79.4 cm³/mol. The second-order valence-electron chi connectivity index (χ2n) is 6.67. The van der Waals surface area contributed by atoms with Gasteiger partial charge in [-0.25, -0.2) is 0 Å². The van der Waals surface area contributed by atoms with Crippen LogP contribution in [0.15, 0.2) is 35.6 Å². The summed E-state index contributed by atoms with van der Waals surface area (Å²) >= 11 is 0. The van der Waals surface area contributed by atoms with Gasteiger partial charge in [0.05, 0.1) is 0 Å². The van der Waals surface area contributed by atoms with Crippen LogP contribution in [0.2, 0.25) is 0 Å². The fourth-order valence-electron chi connectivity index (χ4n) is 3.23. The molecule has 2 rings (SSSR count). The van der Waals surface area contributed by atoms with Crippen molar-refractivity contribution in [3.05, 3.63) is 35.6 Å². The third-order valence-corrected chi connectivity index (χ3v) is 4.58. The largest absolute Gasteiger partial charge is 0.372 e. The minimum Gasteiger partial charge on any atom is -0.372 e. The van der Waals surface area contributed by atoms with Gasteiger partial charge in [-0.3, -0.25) is 0 Å². The highest BCUT2D eigenvalue weighted by atomic mass is 15.2. The summed E-state index contributed by atoms with van der Waals surface area (Å²) in [5.74, 6) is 0. The smallest absolute Gasteiger partial charge is 0.0267 e. The first-order chi connectivity index (χ1) is 8.40. The van der Waals surface area contributed by atoms with Crippen molar-refractivity contribution in [1.29, 1.82) is 0 Å². The van der Waals surface area contributed by atoms with Crippen LogP contribution >= 0.6 is 0 Å². The first kappa shape index (κ1) is 13.5. The minimum absolute atomic E-state index is 0.289. The van der Waals surface area contributed by atoms with Crippen molar-refractivity contribution in [2.75, 3.05) is 6.54 Å². The maximum absolute atomic E-state index is 4.31. The maximum Gasteiger partial charge on any atom is 0.0267 e. The lowest BCUT2D eigenvalue weighted by Gasteiger charge is -2.28. The molecule has 1 saturated heterocycles. The molecule has 0 bridgehead atoms. The molecule has 0 aromatic carbocycles. The van der Waals surface area contributed by atoms with Gasteiger partial charge in [0.15, 0.2) is 0 Å². The van der Waals surface area contributed by atoms with E-state index in [-0.39, 0.29) is 5.41 Å². The molecular formula is C17H27N. The quantitative estimate of drug-likeness (QED) is 0.698. The lowest BCUT2D eigenvalue weighted by Crippen LogP contribution is -2.27. The summed E-state index contributed by atoms with van der Waals surface area (Å²) in [5.41, 5.74) is 4.74. The van der Waals surface area contributed by atoms with E-state index in [9.17, 15) is 0 Å². The molecule has 0 amide bonds. The topological polar surface area (TPSA) is 3.24 Å². The van der Waals surface area contributed by atoms with Crippen LogP contribution in [-0.4, -0.2) is 17.5 Å². The van der Waals surface area contributed by atoms with E-state index in [1.54, 1.807) is 5.57 Å². The molecule has 0 aromatic rings. The first-order valence-corrected chi connectivity index (χ1v) is 7.21. The molecule has 1 nitrogen and oxygen atoms in total. The molecule has 1 aliphatic heterocycles. The summed E-state index contributed by atoms with van der Waals surface area (Å²) in [6, 6.07) is 0.647. The molecule has 1 heterocycles. The SMILES string of the molecule is C=C1N(CCC2=CC=C(C)CC2)C(C)CC1(C)C. The van der Waals surface area contributed by atoms with Crippen molar-refractivity contribution < 1.29 is 0 Å². The van der Waals surface area contributed by atoms with Crippen LogP contribution in [0.4, 0.5) is 0 Å². The van der Waals surface area contributed by atoms with Gasteiger partial charge in [-0.1, -0.05) is 43.7 Å². The third kappa shape index (κ3) is 2.71. The number of hydrogen-bond acceptors (Lipinski definition) is 1. The fourth-order valence-corrected chi connectivity index (χ4v) is 3.23. The predicted octanol–water partition coefficient (Wildman–Crippen LogP) is 4.68. The van der Waals surface area contributed by atoms with Gasteiger partial charge in [-0.2, -0.15) is 0 Å². The van der Waals surface area contributed by atoms with Crippen LogP contribution in [-0.2, 0) is 0 Å². The number of hydrogen-bond donors (Lipinski definition) is 0. The van der Waals surface area contributed by atoms with Crippen molar-refractivity contribution in [1.82, 2.24) is 4.90 Å². The van der Waals surface area contributed by atoms with E-state index >= 15 is 0 Å². The molecular weight excluding hydrogens is 218 g/mol. The van der Waals surface area contributed by atoms with E-state index < -0.39 is 0 Å². The van der Waals surface area contributed by atoms with Crippen LogP contribution in [0, 0.1) is 5.41 Å². The molecule has 1 aliphatic carbocycles. The van der Waals surface area contributed by atoms with Gasteiger partial charge in [-0.05, 0) is 39.5 Å². The Morgan fingerprint density at radius 1 is 1.33 bits per heavy atom. The average Bonchev–Trinajstić information content (AvgIpc) is 2.49. The second-order valence-corrected chi connectivity index (χ2v) is 6.67. The Morgan fingerprint density at radius 2 is 2.06 bits per heavy atom. The summed E-state index contributed by atoms with van der Waals surface area (Å²) in [6.45, 7) is 14.6. The molecule has 0 N–H and O–H groups in total. The number of allylic oxidation sites excluding steroid dienone is 4. The van der Waals surface area contributed by atoms with Gasteiger partial charge in [0, 0.05) is 23.7 Å². The first-order valence-electron chi connectivity index (χ1n) is 7.21. The third-order valence-electron chi connectivity index (χ3n) is 4.58. The van der Waals surface area contributed by atoms with Crippen LogP contribution < -0.4 is 0 Å². The summed E-state index contributed by atoms with van der Waals surface area (Å²) in [6.07, 6.45) is 9.54. The van der Waals surface area contributed by atoms with E-state index in [4.69, 9.17) is 0 Å². The number of likely N-dealkylation sites (tertiary alicyclic amines) is 1. The Hall–Kier alpha value is -0.980. The van der Waals surface area contributed by atoms with Crippen molar-refractivity contribution in [3.63, 3.8) is 0 Å². The van der Waals surface area contributed by atoms with Crippen molar-refractivity contribution in [2.24, 2.45) is 5.41 Å². The number of rotatable bonds is 3. The fraction of sp³-hybridized carbons (Fsp3) is 0.647. The Balaban J connectivity index is 1.93. The Morgan fingerprint density at radius 3 is 2.56 bits per heavy atom. The lowest BCUT2D eigenvalue weighted by molar-refractivity contribution is 0.313. The van der Waals surface area contributed by atoms with Gasteiger partial charge in [-0.15, -0.1) is 0 Å². The monoisotopic (exact) mass is 245 g/mol. The normalized spacial score (nSPS) is 27.2. The zero-order valence-corrected chi connectivity index (χ0v) is 12.4. The van der Waals surface area contributed by atoms with Crippen LogP contribution in [0.3, 0.4) is 0 Å². The molecule has 1 unspecified atom stereocenters. The zero-order valence-electron chi connectivity index (χ0n) is 12.4. The standard InChI is InChI=1S/C17H27N/c1-13-6-8-16(9-7-13)10-11-18-14(2)12-17(4,5)15(18)3/h6,8,14H,3,7,9-12H2,1-2,4-5H3. The molecule has 0 aromatic heterocycles. The van der Waals surface area contributed by atoms with Crippen molar-refractivity contribution in [2.45, 2.75) is 59.4 Å². The van der Waals surface area contributed by atoms with Gasteiger partial charge in [0.25, 0.3) is 0 Å². The highest BCUT2D eigenvalue weighted by Gasteiger charge is 2.37. The summed E-state index contributed by atoms with van der Waals surface area (Å²) in [4.78, 5) is 2.52. The van der Waals surface area contributed by atoms with E-state index in [0.717, 1.165) is 6.54 Å². The van der Waals surface area contributed by atoms with Gasteiger partial charge < -0.3 is 4.90 Å². The molecule has 18 heavy (non-hydrogen) atoms. The molecule has 0 saturated carbocycles. The molecule has 1 fully saturated rings. The number of nitrogens with zero attached hydrogens (tertiary/aromatic N) is 1. The van der Waals surface area contributed by atoms with E-state index in [2.05, 4.69) is 51.3 Å². The van der Waals surface area contributed by atoms with E-state index in [1.165, 1.54) is 37.0 Å². The van der Waals surface area contributed by atoms with Crippen LogP contribution in [0.25, 0.3) is 0 Å². The highest BCUT2D eigenvalue weighted by molar-refractivity contribution is 5.23. The Bertz CT molecular complexity index is 398. The molecule has 0 radical (unpaired) electrons. The molecule has 0 spiro atoms. The zero-order chi connectivity index (χ0) is 13.3. The van der Waals surface area contributed by atoms with Gasteiger partial charge >= 0.3 is 0 Å². The second kappa shape index (κ2) is 4.95.